The van der Waals surface area contributed by atoms with Gasteiger partial charge in [-0.3, -0.25) is 4.39 Å². The Hall–Kier alpha value is 0.147. The molecule has 2 heteroatoms. The molecule has 0 bridgehead atoms. The fraction of sp³-hybridized carbons (Fsp3) is 1.00. The number of hydrogen-bond donors (Lipinski definition) is 0. The lowest BCUT2D eigenvalue weighted by atomic mass is 10.6. The zero-order valence-electron chi connectivity index (χ0n) is 4.00. The van der Waals surface area contributed by atoms with Crippen LogP contribution in [0.2, 0.25) is 6.04 Å². The molecule has 0 saturated heterocycles. The molecule has 0 aliphatic heterocycles. The quantitative estimate of drug-likeness (QED) is 0.375. The third-order valence-corrected chi connectivity index (χ3v) is 1.56. The minimum Gasteiger partial charge on any atom is -0.256 e. The highest BCUT2D eigenvalue weighted by Crippen LogP contribution is 1.83. The Kier molecular flexibility index (Phi) is 5.27. The topological polar surface area (TPSA) is 0 Å². The molecule has 0 aromatic heterocycles. The van der Waals surface area contributed by atoms with Gasteiger partial charge in [0.1, 0.15) is 0 Å². The number of rotatable bonds is 3. The van der Waals surface area contributed by atoms with Crippen molar-refractivity contribution in [3.05, 3.63) is 0 Å². The molecule has 0 aromatic carbocycles. The molecule has 0 aromatic rings. The van der Waals surface area contributed by atoms with Crippen LogP contribution in [0.1, 0.15) is 13.3 Å². The summed E-state index contributed by atoms with van der Waals surface area (Å²) < 4.78 is 11.2. The normalized spacial score (nSPS) is 9.00. The van der Waals surface area contributed by atoms with Gasteiger partial charge in [0.15, 0.2) is 0 Å². The molecule has 0 rings (SSSR count). The van der Waals surface area contributed by atoms with Crippen molar-refractivity contribution in [2.24, 2.45) is 0 Å². The van der Waals surface area contributed by atoms with E-state index < -0.39 is 0 Å². The van der Waals surface area contributed by atoms with E-state index in [1.165, 1.54) is 0 Å². The average Bonchev–Trinajstić information content (AvgIpc) is 1.61. The molecule has 2 radical (unpaired) electrons. The third-order valence-electron chi connectivity index (χ3n) is 0.521. The van der Waals surface area contributed by atoms with Gasteiger partial charge in [-0.1, -0.05) is 19.4 Å². The van der Waals surface area contributed by atoms with Gasteiger partial charge in [0, 0.05) is 0 Å². The van der Waals surface area contributed by atoms with Gasteiger partial charge < -0.3 is 0 Å². The maximum Gasteiger partial charge on any atom is 0.0806 e. The molecule has 0 amide bonds. The second kappa shape index (κ2) is 5.15. The predicted octanol–water partition coefficient (Wildman–Crippen LogP) is 1.45. The monoisotopic (exact) mass is 104 g/mol. The van der Waals surface area contributed by atoms with Crippen molar-refractivity contribution in [2.45, 2.75) is 19.4 Å². The first-order valence-electron chi connectivity index (χ1n) is 2.18. The Bertz CT molecular complexity index is 19.5. The Labute approximate surface area is 40.6 Å². The highest BCUT2D eigenvalue weighted by Gasteiger charge is 1.80. The van der Waals surface area contributed by atoms with Gasteiger partial charge in [0.2, 0.25) is 0 Å². The van der Waals surface area contributed by atoms with Gasteiger partial charge in [0.25, 0.3) is 0 Å². The van der Waals surface area contributed by atoms with E-state index in [1.807, 2.05) is 0 Å². The van der Waals surface area contributed by atoms with Crippen LogP contribution in [0.25, 0.3) is 0 Å². The maximum atomic E-state index is 11.2. The maximum absolute atomic E-state index is 11.2. The van der Waals surface area contributed by atoms with Crippen LogP contribution in [-0.4, -0.2) is 15.8 Å². The fourth-order valence-electron chi connectivity index (χ4n) is 0.244. The minimum absolute atomic E-state index is 0.117. The van der Waals surface area contributed by atoms with E-state index >= 15 is 0 Å². The zero-order valence-corrected chi connectivity index (χ0v) is 5.00. The molecule has 0 N–H and O–H groups in total. The molecule has 0 atom stereocenters. The minimum atomic E-state index is -0.117. The van der Waals surface area contributed by atoms with Crippen LogP contribution in [0.3, 0.4) is 0 Å². The summed E-state index contributed by atoms with van der Waals surface area (Å²) in [4.78, 5) is 0. The standard InChI is InChI=1S/C4H9FSi/c1-2-3-6-4-5/h2-4H2,1H3. The van der Waals surface area contributed by atoms with Crippen LogP contribution in [0, 0.1) is 0 Å². The Morgan fingerprint density at radius 3 is 2.50 bits per heavy atom. The van der Waals surface area contributed by atoms with Gasteiger partial charge in [0.05, 0.1) is 15.8 Å². The fourth-order valence-corrected chi connectivity index (χ4v) is 0.731. The number of hydrogen-bond acceptors (Lipinski definition) is 0. The molecular weight excluding hydrogens is 95.1 g/mol. The molecule has 0 unspecified atom stereocenters. The summed E-state index contributed by atoms with van der Waals surface area (Å²) >= 11 is 0. The van der Waals surface area contributed by atoms with Crippen molar-refractivity contribution in [3.63, 3.8) is 0 Å². The largest absolute Gasteiger partial charge is 0.256 e. The summed E-state index contributed by atoms with van der Waals surface area (Å²) in [6.07, 6.45) is 1.01. The zero-order chi connectivity index (χ0) is 4.83. The van der Waals surface area contributed by atoms with Crippen molar-refractivity contribution >= 4 is 9.52 Å². The summed E-state index contributed by atoms with van der Waals surface area (Å²) in [5, 5.41) is 0. The number of alkyl halides is 1. The average molecular weight is 104 g/mol. The first kappa shape index (κ1) is 6.15. The van der Waals surface area contributed by atoms with Crippen LogP contribution in [0.4, 0.5) is 4.39 Å². The summed E-state index contributed by atoms with van der Waals surface area (Å²) in [7, 11) is 0.548. The second-order valence-electron chi connectivity index (χ2n) is 1.13. The van der Waals surface area contributed by atoms with Crippen LogP contribution < -0.4 is 0 Å². The van der Waals surface area contributed by atoms with Crippen molar-refractivity contribution < 1.29 is 4.39 Å². The molecular formula is C4H9FSi. The lowest BCUT2D eigenvalue weighted by Crippen LogP contribution is -1.88. The Balaban J connectivity index is 2.34. The van der Waals surface area contributed by atoms with E-state index in [4.69, 9.17) is 0 Å². The molecule has 0 saturated carbocycles. The van der Waals surface area contributed by atoms with Crippen LogP contribution in [-0.2, 0) is 0 Å². The first-order chi connectivity index (χ1) is 2.91. The summed E-state index contributed by atoms with van der Waals surface area (Å²) in [6, 6.07) is 1.07. The molecule has 6 heavy (non-hydrogen) atoms. The van der Waals surface area contributed by atoms with E-state index in [1.54, 1.807) is 0 Å². The van der Waals surface area contributed by atoms with Crippen LogP contribution in [0.5, 0.6) is 0 Å². The van der Waals surface area contributed by atoms with Crippen molar-refractivity contribution in [3.8, 4) is 0 Å². The summed E-state index contributed by atoms with van der Waals surface area (Å²) in [5.74, 6) is 0. The predicted molar refractivity (Wildman–Crippen MR) is 26.8 cm³/mol. The lowest BCUT2D eigenvalue weighted by Gasteiger charge is -1.81. The molecule has 0 fully saturated rings. The first-order valence-corrected chi connectivity index (χ1v) is 3.60. The van der Waals surface area contributed by atoms with Crippen molar-refractivity contribution in [1.82, 2.24) is 0 Å². The Morgan fingerprint density at radius 2 is 2.33 bits per heavy atom. The third kappa shape index (κ3) is 4.15. The smallest absolute Gasteiger partial charge is 0.0806 e. The van der Waals surface area contributed by atoms with E-state index in [-0.39, 0.29) is 6.30 Å². The van der Waals surface area contributed by atoms with E-state index in [0.717, 1.165) is 12.5 Å². The van der Waals surface area contributed by atoms with Gasteiger partial charge in [-0.05, 0) is 0 Å². The van der Waals surface area contributed by atoms with E-state index in [0.29, 0.717) is 9.52 Å². The van der Waals surface area contributed by atoms with Crippen LogP contribution >= 0.6 is 0 Å². The molecule has 0 aliphatic carbocycles. The highest BCUT2D eigenvalue weighted by molar-refractivity contribution is 6.35. The molecule has 0 spiro atoms. The lowest BCUT2D eigenvalue weighted by molar-refractivity contribution is 0.592. The highest BCUT2D eigenvalue weighted by atomic mass is 28.2. The Morgan fingerprint density at radius 1 is 1.67 bits per heavy atom. The van der Waals surface area contributed by atoms with Gasteiger partial charge in [-0.25, -0.2) is 0 Å². The molecule has 0 nitrogen and oxygen atoms in total. The SMILES string of the molecule is CCC[Si]CF. The van der Waals surface area contributed by atoms with Gasteiger partial charge in [-0.15, -0.1) is 0 Å². The van der Waals surface area contributed by atoms with E-state index in [2.05, 4.69) is 6.92 Å². The molecule has 0 heterocycles. The molecule has 0 aliphatic rings. The van der Waals surface area contributed by atoms with E-state index in [9.17, 15) is 4.39 Å². The number of halogens is 1. The summed E-state index contributed by atoms with van der Waals surface area (Å²) in [6.45, 7) is 2.07. The van der Waals surface area contributed by atoms with Crippen molar-refractivity contribution in [1.29, 1.82) is 0 Å². The summed E-state index contributed by atoms with van der Waals surface area (Å²) in [5.41, 5.74) is 0. The van der Waals surface area contributed by atoms with Crippen LogP contribution in [0.15, 0.2) is 0 Å². The van der Waals surface area contributed by atoms with Gasteiger partial charge in [-0.2, -0.15) is 0 Å². The van der Waals surface area contributed by atoms with Gasteiger partial charge >= 0.3 is 0 Å². The molecule has 36 valence electrons. The van der Waals surface area contributed by atoms with Crippen molar-refractivity contribution in [2.75, 3.05) is 6.30 Å². The second-order valence-corrected chi connectivity index (χ2v) is 2.40.